The molecule has 2 aromatic rings. The Morgan fingerprint density at radius 1 is 1.00 bits per heavy atom. The Kier molecular flexibility index (Phi) is 5.61. The van der Waals surface area contributed by atoms with Crippen LogP contribution in [0.4, 0.5) is 0 Å². The fourth-order valence-corrected chi connectivity index (χ4v) is 3.51. The Labute approximate surface area is 144 Å². The van der Waals surface area contributed by atoms with Gasteiger partial charge >= 0.3 is 0 Å². The van der Waals surface area contributed by atoms with Gasteiger partial charge in [0, 0.05) is 5.56 Å². The summed E-state index contributed by atoms with van der Waals surface area (Å²) in [6.45, 7) is 0.919. The molecule has 122 valence electrons. The van der Waals surface area contributed by atoms with E-state index in [2.05, 4.69) is 37.2 Å². The predicted molar refractivity (Wildman–Crippen MR) is 97.6 cm³/mol. The molecule has 0 fully saturated rings. The minimum Gasteiger partial charge on any atom is -0.309 e. The van der Waals surface area contributed by atoms with Crippen molar-refractivity contribution < 1.29 is 4.79 Å². The number of hydrogen-bond donors (Lipinski definition) is 0. The first-order chi connectivity index (χ1) is 10.6. The van der Waals surface area contributed by atoms with Gasteiger partial charge < -0.3 is 4.90 Å². The zero-order valence-electron chi connectivity index (χ0n) is 13.8. The molecule has 0 bridgehead atoms. The lowest BCUT2D eigenvalue weighted by Gasteiger charge is -2.38. The minimum absolute atomic E-state index is 0. The minimum atomic E-state index is -0.375. The quantitative estimate of drug-likeness (QED) is 0.840. The summed E-state index contributed by atoms with van der Waals surface area (Å²) in [6, 6.07) is 18.4. The molecule has 1 atom stereocenters. The van der Waals surface area contributed by atoms with Crippen LogP contribution in [0.1, 0.15) is 34.3 Å². The van der Waals surface area contributed by atoms with Crippen molar-refractivity contribution in [3.05, 3.63) is 71.3 Å². The first-order valence-corrected chi connectivity index (χ1v) is 7.96. The van der Waals surface area contributed by atoms with Gasteiger partial charge in [0.15, 0.2) is 5.78 Å². The average Bonchev–Trinajstić information content (AvgIpc) is 2.56. The molecule has 2 nitrogen and oxygen atoms in total. The first-order valence-electron chi connectivity index (χ1n) is 7.96. The fourth-order valence-electron chi connectivity index (χ4n) is 3.51. The summed E-state index contributed by atoms with van der Waals surface area (Å²) in [5, 5.41) is 0. The maximum Gasteiger partial charge on any atom is 0.173 e. The van der Waals surface area contributed by atoms with Crippen LogP contribution in [-0.2, 0) is 11.8 Å². The monoisotopic (exact) mass is 329 g/mol. The van der Waals surface area contributed by atoms with Crippen molar-refractivity contribution in [2.24, 2.45) is 0 Å². The summed E-state index contributed by atoms with van der Waals surface area (Å²) in [5.74, 6) is 0.294. The van der Waals surface area contributed by atoms with Crippen LogP contribution in [0, 0.1) is 0 Å². The Morgan fingerprint density at radius 3 is 2.35 bits per heavy atom. The van der Waals surface area contributed by atoms with Gasteiger partial charge in [0.05, 0.1) is 5.41 Å². The third kappa shape index (κ3) is 3.34. The number of halogens is 1. The Balaban J connectivity index is 0.00000192. The number of hydrogen-bond acceptors (Lipinski definition) is 2. The standard InChI is InChI=1S/C20H23NO.ClH/c1-21(2)15-14-20(17-9-4-3-5-10-17)13-12-16-8-6-7-11-18(16)19(20)22;/h3-11H,12-15H2,1-2H3;1H/t20-;/m0./s1. The van der Waals surface area contributed by atoms with Crippen LogP contribution < -0.4 is 0 Å². The molecule has 0 amide bonds. The van der Waals surface area contributed by atoms with Crippen LogP contribution in [-0.4, -0.2) is 31.3 Å². The number of nitrogens with zero attached hydrogens (tertiary/aromatic N) is 1. The summed E-state index contributed by atoms with van der Waals surface area (Å²) in [4.78, 5) is 15.5. The van der Waals surface area contributed by atoms with Crippen molar-refractivity contribution >= 4 is 18.2 Å². The smallest absolute Gasteiger partial charge is 0.173 e. The van der Waals surface area contributed by atoms with E-state index in [0.29, 0.717) is 5.78 Å². The van der Waals surface area contributed by atoms with Crippen LogP contribution >= 0.6 is 12.4 Å². The lowest BCUT2D eigenvalue weighted by Crippen LogP contribution is -2.42. The zero-order valence-corrected chi connectivity index (χ0v) is 14.6. The molecule has 23 heavy (non-hydrogen) atoms. The molecule has 0 spiro atoms. The molecule has 3 rings (SSSR count). The summed E-state index contributed by atoms with van der Waals surface area (Å²) < 4.78 is 0. The van der Waals surface area contributed by atoms with E-state index >= 15 is 0 Å². The summed E-state index contributed by atoms with van der Waals surface area (Å²) in [7, 11) is 4.14. The molecule has 0 saturated carbocycles. The van der Waals surface area contributed by atoms with Crippen molar-refractivity contribution in [2.75, 3.05) is 20.6 Å². The Morgan fingerprint density at radius 2 is 1.65 bits per heavy atom. The zero-order chi connectivity index (χ0) is 15.6. The molecule has 0 aromatic heterocycles. The van der Waals surface area contributed by atoms with Gasteiger partial charge in [-0.05, 0) is 51.0 Å². The lowest BCUT2D eigenvalue weighted by molar-refractivity contribution is 0.0840. The SMILES string of the molecule is CN(C)CC[C@]1(c2ccccc2)CCc2ccccc2C1=O.Cl. The summed E-state index contributed by atoms with van der Waals surface area (Å²) in [5.41, 5.74) is 2.90. The largest absolute Gasteiger partial charge is 0.309 e. The second-order valence-electron chi connectivity index (χ2n) is 6.49. The predicted octanol–water partition coefficient (Wildman–Crippen LogP) is 4.13. The van der Waals surface area contributed by atoms with E-state index in [0.717, 1.165) is 36.9 Å². The summed E-state index contributed by atoms with van der Waals surface area (Å²) >= 11 is 0. The van der Waals surface area contributed by atoms with Crippen LogP contribution in [0.2, 0.25) is 0 Å². The second kappa shape index (κ2) is 7.29. The molecule has 1 aliphatic rings. The third-order valence-corrected chi connectivity index (χ3v) is 4.83. The average molecular weight is 330 g/mol. The van der Waals surface area contributed by atoms with Gasteiger partial charge in [-0.1, -0.05) is 54.6 Å². The number of aryl methyl sites for hydroxylation is 1. The molecule has 0 N–H and O–H groups in total. The molecule has 3 heteroatoms. The van der Waals surface area contributed by atoms with Crippen molar-refractivity contribution in [3.63, 3.8) is 0 Å². The lowest BCUT2D eigenvalue weighted by atomic mass is 9.64. The van der Waals surface area contributed by atoms with Gasteiger partial charge in [0.25, 0.3) is 0 Å². The summed E-state index contributed by atoms with van der Waals surface area (Å²) in [6.07, 6.45) is 2.75. The molecule has 2 aromatic carbocycles. The van der Waals surface area contributed by atoms with E-state index < -0.39 is 0 Å². The molecule has 0 radical (unpaired) electrons. The maximum atomic E-state index is 13.3. The van der Waals surface area contributed by atoms with Gasteiger partial charge in [-0.3, -0.25) is 4.79 Å². The molecule has 0 unspecified atom stereocenters. The number of Topliss-reactive ketones (excluding diaryl/α,β-unsaturated/α-hetero) is 1. The first kappa shape index (κ1) is 17.7. The Hall–Kier alpha value is -1.64. The topological polar surface area (TPSA) is 20.3 Å². The Bertz CT molecular complexity index is 668. The van der Waals surface area contributed by atoms with Crippen molar-refractivity contribution in [3.8, 4) is 0 Å². The number of rotatable bonds is 4. The normalized spacial score (nSPS) is 20.0. The number of carbonyl (C=O) groups excluding carboxylic acids is 1. The molecule has 1 aliphatic carbocycles. The van der Waals surface area contributed by atoms with E-state index in [9.17, 15) is 4.79 Å². The van der Waals surface area contributed by atoms with Gasteiger partial charge in [0.1, 0.15) is 0 Å². The highest BCUT2D eigenvalue weighted by Crippen LogP contribution is 2.41. The highest BCUT2D eigenvalue weighted by Gasteiger charge is 2.43. The fraction of sp³-hybridized carbons (Fsp3) is 0.350. The van der Waals surface area contributed by atoms with Crippen LogP contribution in [0.15, 0.2) is 54.6 Å². The molecular formula is C20H24ClNO. The highest BCUT2D eigenvalue weighted by molar-refractivity contribution is 6.06. The number of fused-ring (bicyclic) bond motifs is 1. The van der Waals surface area contributed by atoms with Gasteiger partial charge in [-0.15, -0.1) is 12.4 Å². The molecular weight excluding hydrogens is 306 g/mol. The van der Waals surface area contributed by atoms with Gasteiger partial charge in [-0.2, -0.15) is 0 Å². The number of ketones is 1. The van der Waals surface area contributed by atoms with Gasteiger partial charge in [0.2, 0.25) is 0 Å². The van der Waals surface area contributed by atoms with Crippen molar-refractivity contribution in [1.82, 2.24) is 4.90 Å². The van der Waals surface area contributed by atoms with Gasteiger partial charge in [-0.25, -0.2) is 0 Å². The van der Waals surface area contributed by atoms with E-state index in [4.69, 9.17) is 0 Å². The van der Waals surface area contributed by atoms with E-state index in [1.54, 1.807) is 0 Å². The van der Waals surface area contributed by atoms with Crippen LogP contribution in [0.5, 0.6) is 0 Å². The molecule has 0 saturated heterocycles. The van der Waals surface area contributed by atoms with E-state index in [1.165, 1.54) is 5.56 Å². The third-order valence-electron chi connectivity index (χ3n) is 4.83. The van der Waals surface area contributed by atoms with Crippen molar-refractivity contribution in [2.45, 2.75) is 24.7 Å². The van der Waals surface area contributed by atoms with Crippen LogP contribution in [0.3, 0.4) is 0 Å². The van der Waals surface area contributed by atoms with Crippen molar-refractivity contribution in [1.29, 1.82) is 0 Å². The van der Waals surface area contributed by atoms with E-state index in [-0.39, 0.29) is 17.8 Å². The maximum absolute atomic E-state index is 13.3. The van der Waals surface area contributed by atoms with E-state index in [1.807, 2.05) is 36.4 Å². The highest BCUT2D eigenvalue weighted by atomic mass is 35.5. The van der Waals surface area contributed by atoms with Crippen LogP contribution in [0.25, 0.3) is 0 Å². The molecule has 0 heterocycles. The second-order valence-corrected chi connectivity index (χ2v) is 6.49. The number of benzene rings is 2. The number of carbonyl (C=O) groups is 1. The molecule has 0 aliphatic heterocycles.